The zero-order chi connectivity index (χ0) is 16.5. The van der Waals surface area contributed by atoms with Gasteiger partial charge in [0.05, 0.1) is 13.2 Å². The van der Waals surface area contributed by atoms with Crippen LogP contribution in [0.25, 0.3) is 0 Å². The van der Waals surface area contributed by atoms with Crippen molar-refractivity contribution in [1.29, 1.82) is 0 Å². The standard InChI is InChI=1S/C19H23NO3/c1-3-22-17-12-8-16(9-13-17)20-19(21)5-4-14-23-18-10-6-15(2)7-11-18/h6-13H,3-5,14H2,1-2H3,(H,20,21). The summed E-state index contributed by atoms with van der Waals surface area (Å²) in [5.41, 5.74) is 1.98. The van der Waals surface area contributed by atoms with Crippen molar-refractivity contribution in [3.63, 3.8) is 0 Å². The first-order chi connectivity index (χ1) is 11.2. The van der Waals surface area contributed by atoms with Gasteiger partial charge in [-0.25, -0.2) is 0 Å². The first-order valence-electron chi connectivity index (χ1n) is 7.89. The molecule has 1 N–H and O–H groups in total. The minimum absolute atomic E-state index is 0.0123. The fraction of sp³-hybridized carbons (Fsp3) is 0.316. The highest BCUT2D eigenvalue weighted by Gasteiger charge is 2.03. The third-order valence-electron chi connectivity index (χ3n) is 3.29. The summed E-state index contributed by atoms with van der Waals surface area (Å²) in [6, 6.07) is 15.3. The molecule has 0 heterocycles. The van der Waals surface area contributed by atoms with Crippen molar-refractivity contribution in [3.05, 3.63) is 54.1 Å². The number of rotatable bonds is 8. The Morgan fingerprint density at radius 3 is 2.22 bits per heavy atom. The minimum Gasteiger partial charge on any atom is -0.494 e. The molecule has 0 saturated carbocycles. The molecule has 0 radical (unpaired) electrons. The second-order valence-corrected chi connectivity index (χ2v) is 5.27. The van der Waals surface area contributed by atoms with E-state index in [0.717, 1.165) is 17.2 Å². The zero-order valence-electron chi connectivity index (χ0n) is 13.7. The first kappa shape index (κ1) is 16.9. The maximum absolute atomic E-state index is 11.9. The Bertz CT molecular complexity index is 606. The predicted octanol–water partition coefficient (Wildman–Crippen LogP) is 4.19. The van der Waals surface area contributed by atoms with Crippen LogP contribution in [-0.4, -0.2) is 19.1 Å². The smallest absolute Gasteiger partial charge is 0.224 e. The average molecular weight is 313 g/mol. The maximum Gasteiger partial charge on any atom is 0.224 e. The average Bonchev–Trinajstić information content (AvgIpc) is 2.55. The van der Waals surface area contributed by atoms with Gasteiger partial charge in [-0.05, 0) is 56.7 Å². The number of hydrogen-bond acceptors (Lipinski definition) is 3. The summed E-state index contributed by atoms with van der Waals surface area (Å²) in [7, 11) is 0. The molecule has 23 heavy (non-hydrogen) atoms. The molecule has 1 amide bonds. The number of ether oxygens (including phenoxy) is 2. The molecule has 2 aromatic rings. The molecule has 0 spiro atoms. The van der Waals surface area contributed by atoms with E-state index in [1.807, 2.05) is 62.4 Å². The molecule has 0 unspecified atom stereocenters. The first-order valence-corrected chi connectivity index (χ1v) is 7.89. The van der Waals surface area contributed by atoms with Crippen LogP contribution in [0.5, 0.6) is 11.5 Å². The summed E-state index contributed by atoms with van der Waals surface area (Å²) in [6.45, 7) is 5.13. The van der Waals surface area contributed by atoms with Gasteiger partial charge >= 0.3 is 0 Å². The summed E-state index contributed by atoms with van der Waals surface area (Å²) >= 11 is 0. The van der Waals surface area contributed by atoms with Crippen LogP contribution in [0.1, 0.15) is 25.3 Å². The highest BCUT2D eigenvalue weighted by molar-refractivity contribution is 5.90. The quantitative estimate of drug-likeness (QED) is 0.743. The van der Waals surface area contributed by atoms with Gasteiger partial charge in [0, 0.05) is 12.1 Å². The highest BCUT2D eigenvalue weighted by Crippen LogP contribution is 2.16. The van der Waals surface area contributed by atoms with Crippen molar-refractivity contribution in [2.75, 3.05) is 18.5 Å². The molecule has 0 fully saturated rings. The molecular weight excluding hydrogens is 290 g/mol. The minimum atomic E-state index is -0.0123. The monoisotopic (exact) mass is 313 g/mol. The lowest BCUT2D eigenvalue weighted by Crippen LogP contribution is -2.12. The second-order valence-electron chi connectivity index (χ2n) is 5.27. The number of carbonyl (C=O) groups excluding carboxylic acids is 1. The lowest BCUT2D eigenvalue weighted by molar-refractivity contribution is -0.116. The van der Waals surface area contributed by atoms with Crippen molar-refractivity contribution in [2.24, 2.45) is 0 Å². The van der Waals surface area contributed by atoms with E-state index in [4.69, 9.17) is 9.47 Å². The van der Waals surface area contributed by atoms with Gasteiger partial charge in [-0.15, -0.1) is 0 Å². The summed E-state index contributed by atoms with van der Waals surface area (Å²) in [6.07, 6.45) is 1.11. The van der Waals surface area contributed by atoms with Crippen LogP contribution in [0.3, 0.4) is 0 Å². The zero-order valence-corrected chi connectivity index (χ0v) is 13.7. The number of amides is 1. The molecule has 0 aromatic heterocycles. The SMILES string of the molecule is CCOc1ccc(NC(=O)CCCOc2ccc(C)cc2)cc1. The normalized spacial score (nSPS) is 10.2. The van der Waals surface area contributed by atoms with E-state index in [1.165, 1.54) is 5.56 Å². The van der Waals surface area contributed by atoms with Crippen molar-refractivity contribution in [2.45, 2.75) is 26.7 Å². The molecule has 0 aliphatic heterocycles. The van der Waals surface area contributed by atoms with Gasteiger partial charge in [0.1, 0.15) is 11.5 Å². The van der Waals surface area contributed by atoms with Gasteiger partial charge in [0.2, 0.25) is 5.91 Å². The van der Waals surface area contributed by atoms with Gasteiger partial charge in [-0.1, -0.05) is 17.7 Å². The van der Waals surface area contributed by atoms with Crippen molar-refractivity contribution < 1.29 is 14.3 Å². The van der Waals surface area contributed by atoms with E-state index in [2.05, 4.69) is 5.32 Å². The number of carbonyl (C=O) groups is 1. The molecule has 4 nitrogen and oxygen atoms in total. The Morgan fingerprint density at radius 1 is 0.957 bits per heavy atom. The predicted molar refractivity (Wildman–Crippen MR) is 92.1 cm³/mol. The lowest BCUT2D eigenvalue weighted by atomic mass is 10.2. The van der Waals surface area contributed by atoms with Crippen LogP contribution in [0.15, 0.2) is 48.5 Å². The summed E-state index contributed by atoms with van der Waals surface area (Å²) in [5, 5.41) is 2.87. The number of anilines is 1. The Balaban J connectivity index is 1.67. The van der Waals surface area contributed by atoms with E-state index >= 15 is 0 Å². The van der Waals surface area contributed by atoms with Crippen molar-refractivity contribution >= 4 is 11.6 Å². The molecule has 122 valence electrons. The highest BCUT2D eigenvalue weighted by atomic mass is 16.5. The van der Waals surface area contributed by atoms with E-state index in [-0.39, 0.29) is 5.91 Å². The van der Waals surface area contributed by atoms with E-state index < -0.39 is 0 Å². The molecule has 0 atom stereocenters. The van der Waals surface area contributed by atoms with Crippen LogP contribution in [-0.2, 0) is 4.79 Å². The number of nitrogens with one attached hydrogen (secondary N) is 1. The van der Waals surface area contributed by atoms with Crippen LogP contribution >= 0.6 is 0 Å². The van der Waals surface area contributed by atoms with Gasteiger partial charge in [0.15, 0.2) is 0 Å². The molecule has 2 rings (SSSR count). The lowest BCUT2D eigenvalue weighted by Gasteiger charge is -2.08. The van der Waals surface area contributed by atoms with Crippen LogP contribution in [0.4, 0.5) is 5.69 Å². The molecule has 0 aliphatic carbocycles. The van der Waals surface area contributed by atoms with Crippen molar-refractivity contribution in [1.82, 2.24) is 0 Å². The third kappa shape index (κ3) is 6.02. The molecule has 4 heteroatoms. The summed E-state index contributed by atoms with van der Waals surface area (Å²) in [5.74, 6) is 1.63. The Kier molecular flexibility index (Phi) is 6.48. The Hall–Kier alpha value is -2.49. The molecular formula is C19H23NO3. The second kappa shape index (κ2) is 8.83. The number of benzene rings is 2. The fourth-order valence-electron chi connectivity index (χ4n) is 2.08. The molecule has 0 bridgehead atoms. The Morgan fingerprint density at radius 2 is 1.57 bits per heavy atom. The topological polar surface area (TPSA) is 47.6 Å². The number of aryl methyl sites for hydroxylation is 1. The van der Waals surface area contributed by atoms with E-state index in [1.54, 1.807) is 0 Å². The number of hydrogen-bond donors (Lipinski definition) is 1. The maximum atomic E-state index is 11.9. The third-order valence-corrected chi connectivity index (χ3v) is 3.29. The van der Waals surface area contributed by atoms with E-state index in [9.17, 15) is 4.79 Å². The van der Waals surface area contributed by atoms with E-state index in [0.29, 0.717) is 26.1 Å². The molecule has 2 aromatic carbocycles. The largest absolute Gasteiger partial charge is 0.494 e. The van der Waals surface area contributed by atoms with Gasteiger partial charge in [-0.3, -0.25) is 4.79 Å². The van der Waals surface area contributed by atoms with Crippen LogP contribution in [0.2, 0.25) is 0 Å². The van der Waals surface area contributed by atoms with Gasteiger partial charge in [0.25, 0.3) is 0 Å². The van der Waals surface area contributed by atoms with Crippen LogP contribution < -0.4 is 14.8 Å². The summed E-state index contributed by atoms with van der Waals surface area (Å²) < 4.78 is 11.0. The molecule has 0 aliphatic rings. The van der Waals surface area contributed by atoms with Gasteiger partial charge in [-0.2, -0.15) is 0 Å². The Labute approximate surface area is 137 Å². The van der Waals surface area contributed by atoms with Crippen LogP contribution in [0, 0.1) is 6.92 Å². The molecule has 0 saturated heterocycles. The summed E-state index contributed by atoms with van der Waals surface area (Å²) in [4.78, 5) is 11.9. The fourth-order valence-corrected chi connectivity index (χ4v) is 2.08. The van der Waals surface area contributed by atoms with Crippen molar-refractivity contribution in [3.8, 4) is 11.5 Å². The van der Waals surface area contributed by atoms with Gasteiger partial charge < -0.3 is 14.8 Å².